The number of benzene rings is 1. The highest BCUT2D eigenvalue weighted by Gasteiger charge is 2.14. The molecule has 1 heterocycles. The third-order valence-electron chi connectivity index (χ3n) is 3.30. The zero-order chi connectivity index (χ0) is 17.4. The number of nitro groups is 1. The lowest BCUT2D eigenvalue weighted by Gasteiger charge is -2.20. The first-order chi connectivity index (χ1) is 11.6. The molecule has 0 radical (unpaired) electrons. The van der Waals surface area contributed by atoms with Crippen molar-refractivity contribution >= 4 is 23.4 Å². The van der Waals surface area contributed by atoms with E-state index in [4.69, 9.17) is 4.74 Å². The van der Waals surface area contributed by atoms with Gasteiger partial charge in [0.1, 0.15) is 0 Å². The molecule has 2 aromatic rings. The summed E-state index contributed by atoms with van der Waals surface area (Å²) >= 11 is 0. The molecule has 0 fully saturated rings. The van der Waals surface area contributed by atoms with Gasteiger partial charge in [-0.2, -0.15) is 0 Å². The molecule has 0 N–H and O–H groups in total. The summed E-state index contributed by atoms with van der Waals surface area (Å²) in [5.74, 6) is -0.295. The summed E-state index contributed by atoms with van der Waals surface area (Å²) < 4.78 is 5.03. The number of nitrogens with zero attached hydrogens (tertiary/aromatic N) is 3. The Balaban J connectivity index is 2.23. The molecule has 7 heteroatoms. The van der Waals surface area contributed by atoms with E-state index < -0.39 is 4.92 Å². The zero-order valence-corrected chi connectivity index (χ0v) is 13.2. The Kier molecular flexibility index (Phi) is 6.16. The number of hydrogen-bond acceptors (Lipinski definition) is 5. The van der Waals surface area contributed by atoms with Gasteiger partial charge in [-0.05, 0) is 24.3 Å². The van der Waals surface area contributed by atoms with Crippen LogP contribution in [-0.4, -0.2) is 36.1 Å². The van der Waals surface area contributed by atoms with Gasteiger partial charge in [0.2, 0.25) is 0 Å². The van der Waals surface area contributed by atoms with E-state index in [-0.39, 0.29) is 11.6 Å². The van der Waals surface area contributed by atoms with Crippen LogP contribution in [0.5, 0.6) is 0 Å². The molecule has 1 aromatic heterocycles. The molecule has 0 aliphatic carbocycles. The van der Waals surface area contributed by atoms with E-state index in [1.165, 1.54) is 23.1 Å². The number of anilines is 1. The van der Waals surface area contributed by atoms with Crippen molar-refractivity contribution in [3.63, 3.8) is 0 Å². The molecule has 0 spiro atoms. The maximum atomic E-state index is 12.5. The normalized spacial score (nSPS) is 10.7. The van der Waals surface area contributed by atoms with Crippen LogP contribution in [0.3, 0.4) is 0 Å². The topological polar surface area (TPSA) is 85.6 Å². The minimum atomic E-state index is -0.476. The fourth-order valence-electron chi connectivity index (χ4n) is 2.12. The Morgan fingerprint density at radius 1 is 1.29 bits per heavy atom. The molecule has 0 saturated heterocycles. The van der Waals surface area contributed by atoms with Gasteiger partial charge in [0.15, 0.2) is 0 Å². The first kappa shape index (κ1) is 17.3. The Morgan fingerprint density at radius 2 is 2.00 bits per heavy atom. The molecule has 0 saturated carbocycles. The van der Waals surface area contributed by atoms with Gasteiger partial charge in [-0.25, -0.2) is 0 Å². The van der Waals surface area contributed by atoms with E-state index in [9.17, 15) is 14.9 Å². The summed E-state index contributed by atoms with van der Waals surface area (Å²) in [7, 11) is 1.55. The molecule has 24 heavy (non-hydrogen) atoms. The van der Waals surface area contributed by atoms with Crippen LogP contribution in [-0.2, 0) is 9.53 Å². The van der Waals surface area contributed by atoms with Gasteiger partial charge in [-0.15, -0.1) is 0 Å². The number of rotatable bonds is 7. The predicted molar refractivity (Wildman–Crippen MR) is 90.6 cm³/mol. The number of carbonyl (C=O) groups excluding carboxylic acids is 1. The Hall–Kier alpha value is -3.06. The number of methoxy groups -OCH3 is 1. The Morgan fingerprint density at radius 3 is 2.67 bits per heavy atom. The molecule has 0 unspecified atom stereocenters. The van der Waals surface area contributed by atoms with Crippen molar-refractivity contribution in [2.45, 2.75) is 0 Å². The lowest BCUT2D eigenvalue weighted by Crippen LogP contribution is -2.32. The highest BCUT2D eigenvalue weighted by atomic mass is 16.6. The molecule has 0 aliphatic rings. The van der Waals surface area contributed by atoms with E-state index in [2.05, 4.69) is 4.98 Å². The van der Waals surface area contributed by atoms with E-state index in [0.717, 1.165) is 0 Å². The number of pyridine rings is 1. The summed E-state index contributed by atoms with van der Waals surface area (Å²) in [6.45, 7) is 0.730. The van der Waals surface area contributed by atoms with Crippen molar-refractivity contribution in [2.75, 3.05) is 25.2 Å². The average molecular weight is 327 g/mol. The number of carbonyl (C=O) groups is 1. The number of amides is 1. The fourth-order valence-corrected chi connectivity index (χ4v) is 2.12. The molecule has 124 valence electrons. The van der Waals surface area contributed by atoms with Crippen molar-refractivity contribution < 1.29 is 14.5 Å². The molecular formula is C17H17N3O4. The fraction of sp³-hybridized carbons (Fsp3) is 0.176. The van der Waals surface area contributed by atoms with Crippen LogP contribution >= 0.6 is 0 Å². The smallest absolute Gasteiger partial charge is 0.276 e. The van der Waals surface area contributed by atoms with Gasteiger partial charge in [0.25, 0.3) is 11.6 Å². The Bertz CT molecular complexity index is 732. The summed E-state index contributed by atoms with van der Waals surface area (Å²) in [6.07, 6.45) is 5.95. The van der Waals surface area contributed by atoms with Crippen molar-refractivity contribution in [2.24, 2.45) is 0 Å². The van der Waals surface area contributed by atoms with E-state index in [1.54, 1.807) is 49.8 Å². The largest absolute Gasteiger partial charge is 0.383 e. The van der Waals surface area contributed by atoms with Gasteiger partial charge < -0.3 is 9.64 Å². The quantitative estimate of drug-likeness (QED) is 0.443. The van der Waals surface area contributed by atoms with Crippen LogP contribution in [0.2, 0.25) is 0 Å². The van der Waals surface area contributed by atoms with Gasteiger partial charge in [-0.3, -0.25) is 19.9 Å². The SMILES string of the molecule is COCCN(C(=O)C=Cc1ccccc1[N+](=O)[O-])c1ccncc1. The molecule has 0 bridgehead atoms. The molecule has 7 nitrogen and oxygen atoms in total. The number of nitro benzene ring substituents is 1. The highest BCUT2D eigenvalue weighted by molar-refractivity contribution is 6.04. The van der Waals surface area contributed by atoms with Crippen molar-refractivity contribution in [1.82, 2.24) is 4.98 Å². The molecular weight excluding hydrogens is 310 g/mol. The van der Waals surface area contributed by atoms with Gasteiger partial charge >= 0.3 is 0 Å². The maximum Gasteiger partial charge on any atom is 0.276 e. The minimum absolute atomic E-state index is 0.0473. The second kappa shape index (κ2) is 8.54. The molecule has 1 aromatic carbocycles. The average Bonchev–Trinajstić information content (AvgIpc) is 2.61. The number of para-hydroxylation sites is 1. The second-order valence-corrected chi connectivity index (χ2v) is 4.84. The van der Waals surface area contributed by atoms with Crippen LogP contribution in [0.15, 0.2) is 54.9 Å². The summed E-state index contributed by atoms with van der Waals surface area (Å²) in [5, 5.41) is 11.0. The van der Waals surface area contributed by atoms with Gasteiger partial charge in [0, 0.05) is 43.9 Å². The lowest BCUT2D eigenvalue weighted by atomic mass is 10.1. The number of aromatic nitrogens is 1. The van der Waals surface area contributed by atoms with E-state index in [0.29, 0.717) is 24.4 Å². The van der Waals surface area contributed by atoms with Gasteiger partial charge in [0.05, 0.1) is 17.1 Å². The standard InChI is InChI=1S/C17H17N3O4/c1-24-13-12-19(15-8-10-18-11-9-15)17(21)7-6-14-4-2-3-5-16(14)20(22)23/h2-11H,12-13H2,1H3. The first-order valence-corrected chi connectivity index (χ1v) is 7.25. The maximum absolute atomic E-state index is 12.5. The molecule has 2 rings (SSSR count). The van der Waals surface area contributed by atoms with E-state index >= 15 is 0 Å². The van der Waals surface area contributed by atoms with Crippen LogP contribution in [0.1, 0.15) is 5.56 Å². The number of ether oxygens (including phenoxy) is 1. The van der Waals surface area contributed by atoms with Crippen molar-refractivity contribution in [3.8, 4) is 0 Å². The minimum Gasteiger partial charge on any atom is -0.383 e. The third-order valence-corrected chi connectivity index (χ3v) is 3.30. The summed E-state index contributed by atoms with van der Waals surface area (Å²) in [6, 6.07) is 9.68. The third kappa shape index (κ3) is 4.47. The summed E-state index contributed by atoms with van der Waals surface area (Å²) in [5.41, 5.74) is 1.01. The van der Waals surface area contributed by atoms with Crippen molar-refractivity contribution in [1.29, 1.82) is 0 Å². The Labute approximate surface area is 139 Å². The highest BCUT2D eigenvalue weighted by Crippen LogP contribution is 2.19. The van der Waals surface area contributed by atoms with E-state index in [1.807, 2.05) is 0 Å². The zero-order valence-electron chi connectivity index (χ0n) is 13.2. The van der Waals surface area contributed by atoms with Crippen LogP contribution < -0.4 is 4.90 Å². The summed E-state index contributed by atoms with van der Waals surface area (Å²) in [4.78, 5) is 28.5. The van der Waals surface area contributed by atoms with Crippen molar-refractivity contribution in [3.05, 3.63) is 70.5 Å². The molecule has 1 amide bonds. The monoisotopic (exact) mass is 327 g/mol. The first-order valence-electron chi connectivity index (χ1n) is 7.25. The molecule has 0 aliphatic heterocycles. The second-order valence-electron chi connectivity index (χ2n) is 4.84. The van der Waals surface area contributed by atoms with Gasteiger partial charge in [-0.1, -0.05) is 12.1 Å². The lowest BCUT2D eigenvalue weighted by molar-refractivity contribution is -0.385. The molecule has 0 atom stereocenters. The van der Waals surface area contributed by atoms with Crippen LogP contribution in [0.4, 0.5) is 11.4 Å². The van der Waals surface area contributed by atoms with Crippen LogP contribution in [0, 0.1) is 10.1 Å². The number of hydrogen-bond donors (Lipinski definition) is 0. The predicted octanol–water partition coefficient (Wildman–Crippen LogP) is 2.68. The van der Waals surface area contributed by atoms with Crippen LogP contribution in [0.25, 0.3) is 6.08 Å².